The van der Waals surface area contributed by atoms with Gasteiger partial charge in [0.2, 0.25) is 0 Å². The third kappa shape index (κ3) is 7.20. The Hall–Kier alpha value is -0.120. The number of ether oxygens (including phenoxy) is 1. The first-order valence-electron chi connectivity index (χ1n) is 6.76. The highest BCUT2D eigenvalue weighted by Crippen LogP contribution is 2.09. The first kappa shape index (κ1) is 13.9. The normalized spacial score (nSPS) is 18.2. The highest BCUT2D eigenvalue weighted by Gasteiger charge is 2.12. The van der Waals surface area contributed by atoms with Crippen LogP contribution in [0.4, 0.5) is 0 Å². The summed E-state index contributed by atoms with van der Waals surface area (Å²) in [6.45, 7) is 4.45. The maximum Gasteiger partial charge on any atom is 0.0599 e. The molecule has 0 aromatic carbocycles. The molecular formula is C13H28N2O. The lowest BCUT2D eigenvalue weighted by molar-refractivity contribution is 0.0307. The van der Waals surface area contributed by atoms with E-state index in [1.165, 1.54) is 45.1 Å². The molecule has 0 unspecified atom stereocenters. The van der Waals surface area contributed by atoms with E-state index in [1.54, 1.807) is 0 Å². The zero-order chi connectivity index (χ0) is 11.6. The van der Waals surface area contributed by atoms with Gasteiger partial charge in [-0.15, -0.1) is 0 Å². The molecule has 0 bridgehead atoms. The molecule has 3 nitrogen and oxygen atoms in total. The summed E-state index contributed by atoms with van der Waals surface area (Å²) in [5, 5.41) is 3.36. The van der Waals surface area contributed by atoms with Crippen LogP contribution in [0.2, 0.25) is 0 Å². The van der Waals surface area contributed by atoms with E-state index >= 15 is 0 Å². The minimum Gasteiger partial charge on any atom is -0.378 e. The fourth-order valence-electron chi connectivity index (χ4n) is 2.10. The standard InChI is InChI=1S/C13H28N2O/c1-15(2)11-5-3-4-6-12-16-13-7-9-14-10-8-13/h13-14H,3-12H2,1-2H3. The Morgan fingerprint density at radius 2 is 1.75 bits per heavy atom. The Morgan fingerprint density at radius 1 is 1.06 bits per heavy atom. The molecule has 0 amide bonds. The maximum atomic E-state index is 5.86. The van der Waals surface area contributed by atoms with Crippen molar-refractivity contribution in [2.45, 2.75) is 44.6 Å². The van der Waals surface area contributed by atoms with Gasteiger partial charge in [-0.2, -0.15) is 0 Å². The van der Waals surface area contributed by atoms with Gasteiger partial charge in [0.1, 0.15) is 0 Å². The molecule has 1 saturated heterocycles. The molecule has 0 radical (unpaired) electrons. The van der Waals surface area contributed by atoms with Crippen LogP contribution in [0.5, 0.6) is 0 Å². The van der Waals surface area contributed by atoms with Crippen molar-refractivity contribution in [2.75, 3.05) is 40.3 Å². The topological polar surface area (TPSA) is 24.5 Å². The van der Waals surface area contributed by atoms with Gasteiger partial charge in [0.25, 0.3) is 0 Å². The van der Waals surface area contributed by atoms with Crippen LogP contribution in [-0.4, -0.2) is 51.3 Å². The highest BCUT2D eigenvalue weighted by atomic mass is 16.5. The minimum atomic E-state index is 0.531. The Balaban J connectivity index is 1.80. The predicted octanol–water partition coefficient (Wildman–Crippen LogP) is 1.88. The van der Waals surface area contributed by atoms with Crippen LogP contribution in [0.3, 0.4) is 0 Å². The van der Waals surface area contributed by atoms with Crippen LogP contribution >= 0.6 is 0 Å². The second-order valence-corrected chi connectivity index (χ2v) is 5.04. The van der Waals surface area contributed by atoms with Gasteiger partial charge in [-0.05, 0) is 59.4 Å². The molecular weight excluding hydrogens is 200 g/mol. The number of hydrogen-bond acceptors (Lipinski definition) is 3. The lowest BCUT2D eigenvalue weighted by Crippen LogP contribution is -2.32. The summed E-state index contributed by atoms with van der Waals surface area (Å²) in [4.78, 5) is 2.26. The zero-order valence-electron chi connectivity index (χ0n) is 11.0. The monoisotopic (exact) mass is 228 g/mol. The fourth-order valence-corrected chi connectivity index (χ4v) is 2.10. The number of rotatable bonds is 8. The van der Waals surface area contributed by atoms with E-state index in [4.69, 9.17) is 4.74 Å². The molecule has 3 heteroatoms. The number of nitrogens with zero attached hydrogens (tertiary/aromatic N) is 1. The molecule has 0 aliphatic carbocycles. The molecule has 1 rings (SSSR count). The van der Waals surface area contributed by atoms with E-state index in [-0.39, 0.29) is 0 Å². The molecule has 1 aliphatic heterocycles. The number of nitrogens with one attached hydrogen (secondary N) is 1. The first-order chi connectivity index (χ1) is 7.79. The van der Waals surface area contributed by atoms with Gasteiger partial charge in [-0.3, -0.25) is 0 Å². The van der Waals surface area contributed by atoms with Crippen LogP contribution < -0.4 is 5.32 Å². The molecule has 1 fully saturated rings. The molecule has 1 aliphatic rings. The minimum absolute atomic E-state index is 0.531. The summed E-state index contributed by atoms with van der Waals surface area (Å²) in [6.07, 6.45) is 8.13. The molecule has 0 spiro atoms. The van der Waals surface area contributed by atoms with Crippen LogP contribution in [0.15, 0.2) is 0 Å². The van der Waals surface area contributed by atoms with E-state index in [0.29, 0.717) is 6.10 Å². The average molecular weight is 228 g/mol. The Morgan fingerprint density at radius 3 is 2.44 bits per heavy atom. The molecule has 0 atom stereocenters. The molecule has 96 valence electrons. The summed E-state index contributed by atoms with van der Waals surface area (Å²) in [5.41, 5.74) is 0. The number of unbranched alkanes of at least 4 members (excludes halogenated alkanes) is 3. The largest absolute Gasteiger partial charge is 0.378 e. The van der Waals surface area contributed by atoms with E-state index < -0.39 is 0 Å². The lowest BCUT2D eigenvalue weighted by Gasteiger charge is -2.22. The van der Waals surface area contributed by atoms with Crippen molar-refractivity contribution >= 4 is 0 Å². The van der Waals surface area contributed by atoms with Crippen molar-refractivity contribution in [1.82, 2.24) is 10.2 Å². The van der Waals surface area contributed by atoms with Gasteiger partial charge in [0, 0.05) is 6.61 Å². The van der Waals surface area contributed by atoms with Crippen molar-refractivity contribution in [3.8, 4) is 0 Å². The lowest BCUT2D eigenvalue weighted by atomic mass is 10.1. The highest BCUT2D eigenvalue weighted by molar-refractivity contribution is 4.67. The van der Waals surface area contributed by atoms with Crippen LogP contribution in [0.25, 0.3) is 0 Å². The SMILES string of the molecule is CN(C)CCCCCCOC1CCNCC1. The fraction of sp³-hybridized carbons (Fsp3) is 1.00. The van der Waals surface area contributed by atoms with Crippen molar-refractivity contribution in [2.24, 2.45) is 0 Å². The Kier molecular flexibility index (Phi) is 7.81. The molecule has 0 aromatic rings. The second kappa shape index (κ2) is 8.97. The van der Waals surface area contributed by atoms with Gasteiger partial charge < -0.3 is 15.0 Å². The summed E-state index contributed by atoms with van der Waals surface area (Å²) in [6, 6.07) is 0. The first-order valence-corrected chi connectivity index (χ1v) is 6.76. The van der Waals surface area contributed by atoms with E-state index in [9.17, 15) is 0 Å². The predicted molar refractivity (Wildman–Crippen MR) is 68.9 cm³/mol. The third-order valence-corrected chi connectivity index (χ3v) is 3.14. The number of hydrogen-bond donors (Lipinski definition) is 1. The van der Waals surface area contributed by atoms with Crippen molar-refractivity contribution < 1.29 is 4.74 Å². The third-order valence-electron chi connectivity index (χ3n) is 3.14. The van der Waals surface area contributed by atoms with E-state index in [1.807, 2.05) is 0 Å². The Bertz CT molecular complexity index is 156. The van der Waals surface area contributed by atoms with Crippen molar-refractivity contribution in [3.63, 3.8) is 0 Å². The molecule has 0 saturated carbocycles. The molecule has 1 heterocycles. The van der Waals surface area contributed by atoms with Gasteiger partial charge >= 0.3 is 0 Å². The summed E-state index contributed by atoms with van der Waals surface area (Å²) in [7, 11) is 4.28. The second-order valence-electron chi connectivity index (χ2n) is 5.04. The van der Waals surface area contributed by atoms with Gasteiger partial charge in [-0.25, -0.2) is 0 Å². The number of piperidine rings is 1. The summed E-state index contributed by atoms with van der Waals surface area (Å²) in [5.74, 6) is 0. The Labute approximate surface area is 101 Å². The van der Waals surface area contributed by atoms with Crippen molar-refractivity contribution in [1.29, 1.82) is 0 Å². The maximum absolute atomic E-state index is 5.86. The van der Waals surface area contributed by atoms with Gasteiger partial charge in [0.15, 0.2) is 0 Å². The molecule has 1 N–H and O–H groups in total. The zero-order valence-corrected chi connectivity index (χ0v) is 11.0. The van der Waals surface area contributed by atoms with Gasteiger partial charge in [-0.1, -0.05) is 12.8 Å². The van der Waals surface area contributed by atoms with Crippen molar-refractivity contribution in [3.05, 3.63) is 0 Å². The quantitative estimate of drug-likeness (QED) is 0.642. The van der Waals surface area contributed by atoms with Gasteiger partial charge in [0.05, 0.1) is 6.10 Å². The molecule has 0 aromatic heterocycles. The smallest absolute Gasteiger partial charge is 0.0599 e. The summed E-state index contributed by atoms with van der Waals surface area (Å²) < 4.78 is 5.86. The van der Waals surface area contributed by atoms with E-state index in [0.717, 1.165) is 19.7 Å². The van der Waals surface area contributed by atoms with Crippen LogP contribution in [0.1, 0.15) is 38.5 Å². The molecule has 16 heavy (non-hydrogen) atoms. The van der Waals surface area contributed by atoms with Crippen LogP contribution in [0, 0.1) is 0 Å². The van der Waals surface area contributed by atoms with Crippen LogP contribution in [-0.2, 0) is 4.74 Å². The average Bonchev–Trinajstić information content (AvgIpc) is 2.29. The van der Waals surface area contributed by atoms with E-state index in [2.05, 4.69) is 24.3 Å². The summed E-state index contributed by atoms with van der Waals surface area (Å²) >= 11 is 0.